The van der Waals surface area contributed by atoms with Crippen LogP contribution in [0.5, 0.6) is 11.8 Å². The average molecular weight is 316 g/mol. The van der Waals surface area contributed by atoms with Crippen molar-refractivity contribution < 1.29 is 4.74 Å². The Morgan fingerprint density at radius 3 is 2.87 bits per heavy atom. The van der Waals surface area contributed by atoms with Crippen LogP contribution in [0.15, 0.2) is 18.6 Å². The summed E-state index contributed by atoms with van der Waals surface area (Å²) in [5.74, 6) is 1.22. The number of halogens is 1. The van der Waals surface area contributed by atoms with Gasteiger partial charge in [0.1, 0.15) is 6.33 Å². The van der Waals surface area contributed by atoms with Crippen LogP contribution in [0.3, 0.4) is 0 Å². The molecule has 0 radical (unpaired) electrons. The lowest BCUT2D eigenvalue weighted by Crippen LogP contribution is -1.98. The van der Waals surface area contributed by atoms with Crippen LogP contribution in [0.2, 0.25) is 0 Å². The molecule has 0 aliphatic rings. The summed E-state index contributed by atoms with van der Waals surface area (Å²) in [5.41, 5.74) is 0.913. The summed E-state index contributed by atoms with van der Waals surface area (Å²) in [6, 6.07) is 1.86. The molecule has 2 aromatic rings. The van der Waals surface area contributed by atoms with Crippen molar-refractivity contribution in [3.63, 3.8) is 0 Å². The first-order valence-electron chi connectivity index (χ1n) is 4.31. The van der Waals surface area contributed by atoms with Gasteiger partial charge in [0.05, 0.1) is 9.26 Å². The number of aromatic nitrogens is 4. The molecule has 0 N–H and O–H groups in total. The second-order valence-electron chi connectivity index (χ2n) is 3.03. The fourth-order valence-electron chi connectivity index (χ4n) is 1.16. The van der Waals surface area contributed by atoms with Crippen LogP contribution in [-0.2, 0) is 7.05 Å². The first-order valence-corrected chi connectivity index (χ1v) is 5.38. The summed E-state index contributed by atoms with van der Waals surface area (Å²) < 4.78 is 8.15. The van der Waals surface area contributed by atoms with E-state index in [2.05, 4.69) is 37.7 Å². The highest BCUT2D eigenvalue weighted by molar-refractivity contribution is 14.1. The lowest BCUT2D eigenvalue weighted by atomic mass is 10.5. The summed E-state index contributed by atoms with van der Waals surface area (Å²) in [4.78, 5) is 7.94. The standard InChI is InChI=1S/C9H9IN4O/c1-6-3-8(14(2)13-6)15-9-7(10)4-11-5-12-9/h3-5H,1-2H3. The summed E-state index contributed by atoms with van der Waals surface area (Å²) in [6.45, 7) is 1.91. The lowest BCUT2D eigenvalue weighted by Gasteiger charge is -2.04. The summed E-state index contributed by atoms with van der Waals surface area (Å²) in [7, 11) is 1.83. The van der Waals surface area contributed by atoms with Gasteiger partial charge >= 0.3 is 0 Å². The molecular formula is C9H9IN4O. The van der Waals surface area contributed by atoms with E-state index >= 15 is 0 Å². The number of rotatable bonds is 2. The Hall–Kier alpha value is -1.18. The predicted octanol–water partition coefficient (Wildman–Crippen LogP) is 1.92. The Morgan fingerprint density at radius 1 is 1.47 bits per heavy atom. The number of hydrogen-bond acceptors (Lipinski definition) is 4. The minimum atomic E-state index is 0.550. The molecule has 0 spiro atoms. The zero-order chi connectivity index (χ0) is 10.8. The molecule has 0 atom stereocenters. The SMILES string of the molecule is Cc1cc(Oc2ncncc2I)n(C)n1. The Bertz CT molecular complexity index is 483. The molecule has 0 bridgehead atoms. The number of aryl methyl sites for hydroxylation is 2. The van der Waals surface area contributed by atoms with Crippen molar-refractivity contribution in [3.05, 3.63) is 27.9 Å². The minimum absolute atomic E-state index is 0.550. The molecule has 0 unspecified atom stereocenters. The fraction of sp³-hybridized carbons (Fsp3) is 0.222. The van der Waals surface area contributed by atoms with E-state index < -0.39 is 0 Å². The topological polar surface area (TPSA) is 52.8 Å². The van der Waals surface area contributed by atoms with Crippen molar-refractivity contribution in [2.45, 2.75) is 6.92 Å². The monoisotopic (exact) mass is 316 g/mol. The second-order valence-corrected chi connectivity index (χ2v) is 4.19. The lowest BCUT2D eigenvalue weighted by molar-refractivity contribution is 0.411. The predicted molar refractivity (Wildman–Crippen MR) is 62.8 cm³/mol. The Labute approximate surface area is 101 Å². The van der Waals surface area contributed by atoms with E-state index in [0.717, 1.165) is 9.26 Å². The maximum absolute atomic E-state index is 5.60. The van der Waals surface area contributed by atoms with Gasteiger partial charge in [0.2, 0.25) is 11.8 Å². The van der Waals surface area contributed by atoms with Gasteiger partial charge in [0.25, 0.3) is 0 Å². The van der Waals surface area contributed by atoms with E-state index in [1.54, 1.807) is 10.9 Å². The second kappa shape index (κ2) is 4.13. The molecule has 0 aromatic carbocycles. The number of hydrogen-bond donors (Lipinski definition) is 0. The van der Waals surface area contributed by atoms with Gasteiger partial charge in [0, 0.05) is 19.3 Å². The molecule has 0 amide bonds. The minimum Gasteiger partial charge on any atom is -0.420 e. The van der Waals surface area contributed by atoms with Gasteiger partial charge in [-0.25, -0.2) is 14.6 Å². The fourth-order valence-corrected chi connectivity index (χ4v) is 1.57. The van der Waals surface area contributed by atoms with Crippen molar-refractivity contribution in [1.29, 1.82) is 0 Å². The Kier molecular flexibility index (Phi) is 2.85. The van der Waals surface area contributed by atoms with E-state index in [1.165, 1.54) is 6.33 Å². The number of ether oxygens (including phenoxy) is 1. The zero-order valence-corrected chi connectivity index (χ0v) is 10.5. The zero-order valence-electron chi connectivity index (χ0n) is 8.31. The van der Waals surface area contributed by atoms with Gasteiger partial charge in [-0.15, -0.1) is 0 Å². The third-order valence-electron chi connectivity index (χ3n) is 1.79. The molecular weight excluding hydrogens is 307 g/mol. The van der Waals surface area contributed by atoms with E-state index in [4.69, 9.17) is 4.74 Å². The van der Waals surface area contributed by atoms with Gasteiger partial charge in [-0.05, 0) is 29.5 Å². The van der Waals surface area contributed by atoms with E-state index in [1.807, 2.05) is 20.0 Å². The average Bonchev–Trinajstić information content (AvgIpc) is 2.49. The first kappa shape index (κ1) is 10.3. The van der Waals surface area contributed by atoms with E-state index in [9.17, 15) is 0 Å². The molecule has 0 saturated carbocycles. The maximum atomic E-state index is 5.60. The smallest absolute Gasteiger partial charge is 0.237 e. The Morgan fingerprint density at radius 2 is 2.27 bits per heavy atom. The highest BCUT2D eigenvalue weighted by Gasteiger charge is 2.07. The molecule has 15 heavy (non-hydrogen) atoms. The summed E-state index contributed by atoms with van der Waals surface area (Å²) >= 11 is 2.13. The Balaban J connectivity index is 2.29. The van der Waals surface area contributed by atoms with Crippen molar-refractivity contribution in [1.82, 2.24) is 19.7 Å². The van der Waals surface area contributed by atoms with Crippen LogP contribution in [-0.4, -0.2) is 19.7 Å². The maximum Gasteiger partial charge on any atom is 0.237 e. The van der Waals surface area contributed by atoms with Crippen molar-refractivity contribution in [2.75, 3.05) is 0 Å². The van der Waals surface area contributed by atoms with E-state index in [-0.39, 0.29) is 0 Å². The van der Waals surface area contributed by atoms with Crippen molar-refractivity contribution >= 4 is 22.6 Å². The van der Waals surface area contributed by atoms with Crippen LogP contribution in [0, 0.1) is 10.5 Å². The molecule has 78 valence electrons. The van der Waals surface area contributed by atoms with Crippen LogP contribution >= 0.6 is 22.6 Å². The number of nitrogens with zero attached hydrogens (tertiary/aromatic N) is 4. The van der Waals surface area contributed by atoms with Crippen LogP contribution in [0.25, 0.3) is 0 Å². The summed E-state index contributed by atoms with van der Waals surface area (Å²) in [5, 5.41) is 4.18. The highest BCUT2D eigenvalue weighted by Crippen LogP contribution is 2.23. The molecule has 0 fully saturated rings. The molecule has 2 heterocycles. The summed E-state index contributed by atoms with van der Waals surface area (Å²) in [6.07, 6.45) is 3.16. The van der Waals surface area contributed by atoms with Crippen LogP contribution in [0.4, 0.5) is 0 Å². The molecule has 2 aromatic heterocycles. The highest BCUT2D eigenvalue weighted by atomic mass is 127. The molecule has 6 heteroatoms. The third kappa shape index (κ3) is 2.25. The van der Waals surface area contributed by atoms with Gasteiger partial charge < -0.3 is 4.74 Å². The normalized spacial score (nSPS) is 10.3. The van der Waals surface area contributed by atoms with Crippen molar-refractivity contribution in [2.24, 2.45) is 7.05 Å². The van der Waals surface area contributed by atoms with Crippen LogP contribution < -0.4 is 4.74 Å². The molecule has 0 aliphatic carbocycles. The van der Waals surface area contributed by atoms with Crippen LogP contribution in [0.1, 0.15) is 5.69 Å². The van der Waals surface area contributed by atoms with Gasteiger partial charge in [-0.2, -0.15) is 5.10 Å². The van der Waals surface area contributed by atoms with E-state index in [0.29, 0.717) is 11.8 Å². The van der Waals surface area contributed by atoms with Gasteiger partial charge in [0.15, 0.2) is 0 Å². The van der Waals surface area contributed by atoms with Crippen molar-refractivity contribution in [3.8, 4) is 11.8 Å². The first-order chi connectivity index (χ1) is 7.16. The van der Waals surface area contributed by atoms with Gasteiger partial charge in [-0.3, -0.25) is 0 Å². The molecule has 5 nitrogen and oxygen atoms in total. The molecule has 0 aliphatic heterocycles. The van der Waals surface area contributed by atoms with Gasteiger partial charge in [-0.1, -0.05) is 0 Å². The quantitative estimate of drug-likeness (QED) is 0.794. The largest absolute Gasteiger partial charge is 0.420 e. The third-order valence-corrected chi connectivity index (χ3v) is 2.53. The molecule has 0 saturated heterocycles. The molecule has 2 rings (SSSR count).